The molecule has 1 heterocycles. The van der Waals surface area contributed by atoms with Gasteiger partial charge in [-0.15, -0.1) is 11.3 Å². The van der Waals surface area contributed by atoms with E-state index in [1.54, 1.807) is 11.3 Å². The van der Waals surface area contributed by atoms with Gasteiger partial charge in [0.1, 0.15) is 4.34 Å². The fourth-order valence-electron chi connectivity index (χ4n) is 1.74. The van der Waals surface area contributed by atoms with Gasteiger partial charge >= 0.3 is 0 Å². The van der Waals surface area contributed by atoms with Crippen molar-refractivity contribution in [2.75, 3.05) is 5.73 Å². The highest BCUT2D eigenvalue weighted by Gasteiger charge is 2.21. The van der Waals surface area contributed by atoms with Crippen LogP contribution in [0, 0.1) is 5.92 Å². The van der Waals surface area contributed by atoms with E-state index in [2.05, 4.69) is 6.92 Å². The number of rotatable bonds is 0. The summed E-state index contributed by atoms with van der Waals surface area (Å²) in [5.74, 6) is 0.798. The van der Waals surface area contributed by atoms with E-state index in [-0.39, 0.29) is 0 Å². The minimum atomic E-state index is 0.786. The third-order valence-corrected chi connectivity index (χ3v) is 4.00. The Hall–Kier alpha value is -0.210. The predicted octanol–water partition coefficient (Wildman–Crippen LogP) is 3.11. The van der Waals surface area contributed by atoms with Crippen LogP contribution in [-0.4, -0.2) is 0 Å². The first-order valence-corrected chi connectivity index (χ1v) is 5.43. The third-order valence-electron chi connectivity index (χ3n) is 2.51. The fraction of sp³-hybridized carbons (Fsp3) is 0.556. The Morgan fingerprint density at radius 3 is 3.08 bits per heavy atom. The average molecular weight is 202 g/mol. The lowest BCUT2D eigenvalue weighted by molar-refractivity contribution is 0.508. The van der Waals surface area contributed by atoms with Crippen LogP contribution in [0.3, 0.4) is 0 Å². The molecule has 1 aromatic rings. The normalized spacial score (nSPS) is 22.3. The number of nitrogen functional groups attached to an aromatic ring is 1. The Labute approximate surface area is 81.5 Å². The number of fused-ring (bicyclic) bond motifs is 1. The summed E-state index contributed by atoms with van der Waals surface area (Å²) in [4.78, 5) is 1.41. The van der Waals surface area contributed by atoms with Gasteiger partial charge in [-0.05, 0) is 30.7 Å². The Bertz CT molecular complexity index is 306. The van der Waals surface area contributed by atoms with Crippen molar-refractivity contribution in [1.29, 1.82) is 0 Å². The van der Waals surface area contributed by atoms with Crippen LogP contribution in [0.1, 0.15) is 23.8 Å². The largest absolute Gasteiger partial charge is 0.397 e. The maximum absolute atomic E-state index is 5.96. The van der Waals surface area contributed by atoms with Gasteiger partial charge in [-0.3, -0.25) is 0 Å². The quantitative estimate of drug-likeness (QED) is 0.686. The highest BCUT2D eigenvalue weighted by atomic mass is 35.5. The molecule has 66 valence electrons. The number of hydrogen-bond acceptors (Lipinski definition) is 2. The maximum atomic E-state index is 5.96. The highest BCUT2D eigenvalue weighted by molar-refractivity contribution is 7.17. The smallest absolute Gasteiger partial charge is 0.116 e. The Balaban J connectivity index is 2.43. The van der Waals surface area contributed by atoms with E-state index in [1.165, 1.54) is 16.9 Å². The maximum Gasteiger partial charge on any atom is 0.116 e. The average Bonchev–Trinajstić information content (AvgIpc) is 2.28. The summed E-state index contributed by atoms with van der Waals surface area (Å²) in [6, 6.07) is 0. The molecule has 1 unspecified atom stereocenters. The summed E-state index contributed by atoms with van der Waals surface area (Å²) >= 11 is 7.62. The summed E-state index contributed by atoms with van der Waals surface area (Å²) in [6.45, 7) is 2.28. The van der Waals surface area contributed by atoms with E-state index >= 15 is 0 Å². The van der Waals surface area contributed by atoms with Crippen molar-refractivity contribution in [3.8, 4) is 0 Å². The fourth-order valence-corrected chi connectivity index (χ4v) is 3.29. The summed E-state index contributed by atoms with van der Waals surface area (Å²) < 4.78 is 0.786. The van der Waals surface area contributed by atoms with Crippen molar-refractivity contribution in [2.24, 2.45) is 5.92 Å². The molecular weight excluding hydrogens is 190 g/mol. The molecule has 1 atom stereocenters. The van der Waals surface area contributed by atoms with Gasteiger partial charge in [-0.1, -0.05) is 18.5 Å². The first-order chi connectivity index (χ1) is 5.68. The SMILES string of the molecule is CC1CCc2c(sc(Cl)c2N)C1. The van der Waals surface area contributed by atoms with E-state index in [9.17, 15) is 0 Å². The molecule has 0 fully saturated rings. The van der Waals surface area contributed by atoms with Gasteiger partial charge in [-0.25, -0.2) is 0 Å². The zero-order chi connectivity index (χ0) is 8.72. The van der Waals surface area contributed by atoms with Gasteiger partial charge in [0.05, 0.1) is 5.69 Å². The van der Waals surface area contributed by atoms with E-state index in [4.69, 9.17) is 17.3 Å². The molecule has 3 heteroatoms. The van der Waals surface area contributed by atoms with Crippen molar-refractivity contribution < 1.29 is 0 Å². The van der Waals surface area contributed by atoms with Crippen molar-refractivity contribution in [3.05, 3.63) is 14.8 Å². The van der Waals surface area contributed by atoms with Gasteiger partial charge < -0.3 is 5.73 Å². The lowest BCUT2D eigenvalue weighted by Gasteiger charge is -2.17. The lowest BCUT2D eigenvalue weighted by Crippen LogP contribution is -2.09. The molecule has 2 N–H and O–H groups in total. The molecule has 0 bridgehead atoms. The van der Waals surface area contributed by atoms with Crippen LogP contribution in [0.25, 0.3) is 0 Å². The van der Waals surface area contributed by atoms with Crippen molar-refractivity contribution in [3.63, 3.8) is 0 Å². The second kappa shape index (κ2) is 2.93. The van der Waals surface area contributed by atoms with Crippen LogP contribution >= 0.6 is 22.9 Å². The Morgan fingerprint density at radius 2 is 2.33 bits per heavy atom. The molecule has 0 amide bonds. The topological polar surface area (TPSA) is 26.0 Å². The second-order valence-corrected chi connectivity index (χ2v) is 5.25. The van der Waals surface area contributed by atoms with Crippen LogP contribution in [0.2, 0.25) is 4.34 Å². The van der Waals surface area contributed by atoms with Gasteiger partial charge in [0.15, 0.2) is 0 Å². The minimum Gasteiger partial charge on any atom is -0.397 e. The zero-order valence-electron chi connectivity index (χ0n) is 7.06. The summed E-state index contributed by atoms with van der Waals surface area (Å²) in [7, 11) is 0. The monoisotopic (exact) mass is 201 g/mol. The van der Waals surface area contributed by atoms with E-state index in [1.807, 2.05) is 0 Å². The molecule has 12 heavy (non-hydrogen) atoms. The minimum absolute atomic E-state index is 0.786. The van der Waals surface area contributed by atoms with Crippen molar-refractivity contribution in [2.45, 2.75) is 26.2 Å². The molecule has 2 rings (SSSR count). The van der Waals surface area contributed by atoms with E-state index in [0.717, 1.165) is 28.8 Å². The molecular formula is C9H12ClNS. The van der Waals surface area contributed by atoms with Gasteiger partial charge in [0.25, 0.3) is 0 Å². The number of thiophene rings is 1. The van der Waals surface area contributed by atoms with Crippen LogP contribution in [0.15, 0.2) is 0 Å². The van der Waals surface area contributed by atoms with Crippen LogP contribution < -0.4 is 5.73 Å². The van der Waals surface area contributed by atoms with Crippen molar-refractivity contribution in [1.82, 2.24) is 0 Å². The second-order valence-electron chi connectivity index (χ2n) is 3.54. The molecule has 0 saturated carbocycles. The number of hydrogen-bond donors (Lipinski definition) is 1. The zero-order valence-corrected chi connectivity index (χ0v) is 8.63. The van der Waals surface area contributed by atoms with Crippen LogP contribution in [0.5, 0.6) is 0 Å². The van der Waals surface area contributed by atoms with Gasteiger partial charge in [-0.2, -0.15) is 0 Å². The molecule has 0 aliphatic heterocycles. The highest BCUT2D eigenvalue weighted by Crippen LogP contribution is 2.40. The Kier molecular flexibility index (Phi) is 2.05. The Morgan fingerprint density at radius 1 is 1.58 bits per heavy atom. The first kappa shape index (κ1) is 8.39. The summed E-state index contributed by atoms with van der Waals surface area (Å²) in [5, 5.41) is 0. The first-order valence-electron chi connectivity index (χ1n) is 4.24. The summed E-state index contributed by atoms with van der Waals surface area (Å²) in [6.07, 6.45) is 3.53. The lowest BCUT2D eigenvalue weighted by atomic mass is 9.90. The van der Waals surface area contributed by atoms with Crippen LogP contribution in [-0.2, 0) is 12.8 Å². The molecule has 0 saturated heterocycles. The number of nitrogens with two attached hydrogens (primary N) is 1. The van der Waals surface area contributed by atoms with Gasteiger partial charge in [0, 0.05) is 4.88 Å². The molecule has 1 aliphatic rings. The van der Waals surface area contributed by atoms with Crippen LogP contribution in [0.4, 0.5) is 5.69 Å². The number of anilines is 1. The molecule has 1 aliphatic carbocycles. The number of halogens is 1. The molecule has 1 aromatic heterocycles. The van der Waals surface area contributed by atoms with Gasteiger partial charge in [0.2, 0.25) is 0 Å². The standard InChI is InChI=1S/C9H12ClNS/c1-5-2-3-6-7(4-5)12-9(10)8(6)11/h5H,2-4,11H2,1H3. The predicted molar refractivity (Wildman–Crippen MR) is 54.9 cm³/mol. The molecule has 0 aromatic carbocycles. The van der Waals surface area contributed by atoms with E-state index < -0.39 is 0 Å². The molecule has 1 nitrogen and oxygen atoms in total. The summed E-state index contributed by atoms with van der Waals surface area (Å²) in [5.41, 5.74) is 8.01. The molecule has 0 spiro atoms. The molecule has 0 radical (unpaired) electrons. The third kappa shape index (κ3) is 1.23. The van der Waals surface area contributed by atoms with Crippen molar-refractivity contribution >= 4 is 28.6 Å². The van der Waals surface area contributed by atoms with E-state index in [0.29, 0.717) is 0 Å².